The quantitative estimate of drug-likeness (QED) is 0.180. The summed E-state index contributed by atoms with van der Waals surface area (Å²) in [5.41, 5.74) is 12.7. The molecule has 9 aromatic rings. The van der Waals surface area contributed by atoms with Gasteiger partial charge in [-0.05, 0) is 91.4 Å². The third kappa shape index (κ3) is 6.96. The Balaban J connectivity index is 0.00000469. The van der Waals surface area contributed by atoms with Gasteiger partial charge in [0.25, 0.3) is 0 Å². The molecule has 6 nitrogen and oxygen atoms in total. The van der Waals surface area contributed by atoms with Crippen molar-refractivity contribution in [3.05, 3.63) is 162 Å². The molecule has 0 aliphatic rings. The second-order valence-corrected chi connectivity index (χ2v) is 16.9. The number of carbonyl (C=O) groups is 1. The Morgan fingerprint density at radius 3 is 1.90 bits per heavy atom. The molecule has 0 unspecified atom stereocenters. The molecule has 9 rings (SSSR count). The number of pyridine rings is 1. The number of fused-ring (bicyclic) bond motifs is 4. The van der Waals surface area contributed by atoms with E-state index in [0.29, 0.717) is 11.2 Å². The number of carboxylic acids is 1. The average Bonchev–Trinajstić information content (AvgIpc) is 3.79. The number of aromatic nitrogens is 4. The number of rotatable bonds is 6. The van der Waals surface area contributed by atoms with Crippen LogP contribution in [0.25, 0.3) is 83.4 Å². The third-order valence-electron chi connectivity index (χ3n) is 10.9. The summed E-state index contributed by atoms with van der Waals surface area (Å²) in [5, 5.41) is 12.5. The summed E-state index contributed by atoms with van der Waals surface area (Å²) in [7, 11) is 0. The molecule has 0 radical (unpaired) electrons. The van der Waals surface area contributed by atoms with Gasteiger partial charge in [-0.15, -0.1) is 11.0 Å². The SMILES string of the molecule is CC(C)(C)c1ccc2[n-]c3c(-c4nc5c(-c6cc(-c7ccccc7)cc(C(=O)O)n6)cccc5n4-c4cccc(-c5ccccc5)c4)cc(C(C)(C)C)cc3c2c1.[Pt]. The van der Waals surface area contributed by atoms with E-state index in [1.165, 1.54) is 11.1 Å². The van der Waals surface area contributed by atoms with Crippen LogP contribution < -0.4 is 4.98 Å². The molecule has 290 valence electrons. The number of hydrogen-bond donors (Lipinski definition) is 1. The molecule has 0 saturated heterocycles. The summed E-state index contributed by atoms with van der Waals surface area (Å²) in [5.74, 6) is -0.342. The maximum Gasteiger partial charge on any atom is 0.354 e. The molecule has 6 aromatic carbocycles. The number of hydrogen-bond acceptors (Lipinski definition) is 3. The van der Waals surface area contributed by atoms with Gasteiger partial charge in [-0.25, -0.2) is 14.8 Å². The van der Waals surface area contributed by atoms with Crippen LogP contribution in [0.1, 0.15) is 63.2 Å². The number of benzene rings is 6. The van der Waals surface area contributed by atoms with E-state index >= 15 is 0 Å². The summed E-state index contributed by atoms with van der Waals surface area (Å²) in [4.78, 5) is 28.1. The third-order valence-corrected chi connectivity index (χ3v) is 10.9. The fourth-order valence-corrected chi connectivity index (χ4v) is 7.78. The van der Waals surface area contributed by atoms with Crippen molar-refractivity contribution in [3.63, 3.8) is 0 Å². The smallest absolute Gasteiger partial charge is 0.354 e. The Labute approximate surface area is 352 Å². The first-order valence-electron chi connectivity index (χ1n) is 19.4. The molecule has 0 atom stereocenters. The standard InChI is InChI=1S/C51H44N4O2.Pt/c1-50(2,3)35-23-24-42-39(28-35)40-29-36(51(4,5)6)30-41(46(40)53-42)48-54-47-38(43-26-34(27-44(52-43)49(56)57)32-17-11-8-12-18-32)21-14-22-45(47)55(48)37-20-13-19-33(25-37)31-15-9-7-10-16-31;/h7-30H,1-6H3,(H2,52,53,54,56,57);/p-1. The van der Waals surface area contributed by atoms with E-state index in [0.717, 1.165) is 72.2 Å². The van der Waals surface area contributed by atoms with Crippen molar-refractivity contribution >= 4 is 38.8 Å². The largest absolute Gasteiger partial charge is 0.656 e. The van der Waals surface area contributed by atoms with Gasteiger partial charge in [-0.1, -0.05) is 151 Å². The van der Waals surface area contributed by atoms with E-state index < -0.39 is 5.97 Å². The molecule has 0 amide bonds. The molecule has 58 heavy (non-hydrogen) atoms. The van der Waals surface area contributed by atoms with E-state index in [-0.39, 0.29) is 37.6 Å². The predicted molar refractivity (Wildman–Crippen MR) is 233 cm³/mol. The Bertz CT molecular complexity index is 3000. The Morgan fingerprint density at radius 2 is 1.22 bits per heavy atom. The first-order chi connectivity index (χ1) is 27.3. The first kappa shape index (κ1) is 38.8. The summed E-state index contributed by atoms with van der Waals surface area (Å²) in [6, 6.07) is 49.6. The molecule has 0 fully saturated rings. The van der Waals surface area contributed by atoms with Crippen LogP contribution in [0.15, 0.2) is 146 Å². The maximum atomic E-state index is 12.5. The van der Waals surface area contributed by atoms with Crippen molar-refractivity contribution in [2.45, 2.75) is 52.4 Å². The minimum absolute atomic E-state index is 0. The molecule has 0 aliphatic carbocycles. The van der Waals surface area contributed by atoms with Gasteiger partial charge in [-0.3, -0.25) is 4.57 Å². The van der Waals surface area contributed by atoms with Crippen LogP contribution >= 0.6 is 0 Å². The van der Waals surface area contributed by atoms with Crippen molar-refractivity contribution in [3.8, 4) is 50.6 Å². The fourth-order valence-electron chi connectivity index (χ4n) is 7.78. The molecule has 1 N–H and O–H groups in total. The van der Waals surface area contributed by atoms with Gasteiger partial charge in [0.05, 0.1) is 16.7 Å². The molecule has 3 heterocycles. The number of carboxylic acid groups (broad SMARTS) is 1. The van der Waals surface area contributed by atoms with Crippen molar-refractivity contribution < 1.29 is 31.0 Å². The van der Waals surface area contributed by atoms with Crippen LogP contribution in [0.3, 0.4) is 0 Å². The first-order valence-corrected chi connectivity index (χ1v) is 19.4. The van der Waals surface area contributed by atoms with Gasteiger partial charge in [0.15, 0.2) is 0 Å². The summed E-state index contributed by atoms with van der Waals surface area (Å²) in [6.07, 6.45) is 0. The molecule has 0 spiro atoms. The minimum Gasteiger partial charge on any atom is -0.656 e. The zero-order valence-electron chi connectivity index (χ0n) is 33.3. The summed E-state index contributed by atoms with van der Waals surface area (Å²) in [6.45, 7) is 13.5. The maximum absolute atomic E-state index is 12.5. The van der Waals surface area contributed by atoms with Crippen LogP contribution in [0.4, 0.5) is 0 Å². The zero-order valence-corrected chi connectivity index (χ0v) is 35.6. The van der Waals surface area contributed by atoms with Crippen molar-refractivity contribution in [2.24, 2.45) is 0 Å². The van der Waals surface area contributed by atoms with Crippen LogP contribution in [-0.4, -0.2) is 25.6 Å². The second-order valence-electron chi connectivity index (χ2n) is 16.9. The van der Waals surface area contributed by atoms with Crippen LogP contribution in [0.5, 0.6) is 0 Å². The molecular formula is C51H43N4O2Pt-. The molecule has 0 bridgehead atoms. The minimum atomic E-state index is -1.09. The number of para-hydroxylation sites is 1. The predicted octanol–water partition coefficient (Wildman–Crippen LogP) is 12.6. The van der Waals surface area contributed by atoms with Crippen LogP contribution in [0, 0.1) is 0 Å². The van der Waals surface area contributed by atoms with Crippen LogP contribution in [0.2, 0.25) is 0 Å². The van der Waals surface area contributed by atoms with E-state index in [1.54, 1.807) is 6.07 Å². The Morgan fingerprint density at radius 1 is 0.586 bits per heavy atom. The molecule has 3 aromatic heterocycles. The Hall–Kier alpha value is -6.10. The van der Waals surface area contributed by atoms with Gasteiger partial charge in [-0.2, -0.15) is 0 Å². The molecule has 0 saturated carbocycles. The average molecular weight is 939 g/mol. The van der Waals surface area contributed by atoms with Crippen LogP contribution in [-0.2, 0) is 31.9 Å². The van der Waals surface area contributed by atoms with Gasteiger partial charge in [0, 0.05) is 37.9 Å². The van der Waals surface area contributed by atoms with Gasteiger partial charge < -0.3 is 10.1 Å². The molecule has 7 heteroatoms. The normalized spacial score (nSPS) is 12.0. The fraction of sp³-hybridized carbons (Fsp3) is 0.157. The van der Waals surface area contributed by atoms with Gasteiger partial charge in [0.1, 0.15) is 11.5 Å². The monoisotopic (exact) mass is 938 g/mol. The second kappa shape index (κ2) is 14.7. The van der Waals surface area contributed by atoms with Gasteiger partial charge in [0.2, 0.25) is 0 Å². The summed E-state index contributed by atoms with van der Waals surface area (Å²) >= 11 is 0. The topological polar surface area (TPSA) is 82.1 Å². The van der Waals surface area contributed by atoms with Crippen molar-refractivity contribution in [1.82, 2.24) is 19.5 Å². The Kier molecular flexibility index (Phi) is 9.81. The van der Waals surface area contributed by atoms with E-state index in [9.17, 15) is 9.90 Å². The molecular weight excluding hydrogens is 896 g/mol. The van der Waals surface area contributed by atoms with E-state index in [1.807, 2.05) is 54.6 Å². The number of nitrogens with zero attached hydrogens (tertiary/aromatic N) is 4. The van der Waals surface area contributed by atoms with Crippen molar-refractivity contribution in [2.75, 3.05) is 0 Å². The molecule has 0 aliphatic heterocycles. The van der Waals surface area contributed by atoms with E-state index in [2.05, 4.69) is 131 Å². The zero-order chi connectivity index (χ0) is 39.6. The van der Waals surface area contributed by atoms with E-state index in [4.69, 9.17) is 15.0 Å². The van der Waals surface area contributed by atoms with Gasteiger partial charge >= 0.3 is 5.97 Å². The number of aromatic carboxylic acids is 1. The number of imidazole rings is 1. The van der Waals surface area contributed by atoms with Crippen molar-refractivity contribution in [1.29, 1.82) is 0 Å². The summed E-state index contributed by atoms with van der Waals surface area (Å²) < 4.78 is 2.23.